The van der Waals surface area contributed by atoms with Gasteiger partial charge in [-0.25, -0.2) is 4.98 Å². The van der Waals surface area contributed by atoms with Crippen LogP contribution in [0.3, 0.4) is 0 Å². The maximum Gasteiger partial charge on any atom is 0.263 e. The SMILES string of the molecule is Cc1cc(C)cc(Oc2ccc(Nc3ncnc4onc(-c5ccccc5)c34)cc2)c1. The number of fused-ring (bicyclic) bond motifs is 1. The Hall–Kier alpha value is -4.19. The second kappa shape index (κ2) is 7.91. The maximum atomic E-state index is 6.00. The average Bonchev–Trinajstić information content (AvgIpc) is 3.20. The topological polar surface area (TPSA) is 73.1 Å². The summed E-state index contributed by atoms with van der Waals surface area (Å²) in [6.45, 7) is 4.12. The van der Waals surface area contributed by atoms with Gasteiger partial charge in [0.15, 0.2) is 0 Å². The van der Waals surface area contributed by atoms with Crippen LogP contribution < -0.4 is 10.1 Å². The molecule has 0 fully saturated rings. The van der Waals surface area contributed by atoms with Gasteiger partial charge in [-0.1, -0.05) is 41.6 Å². The van der Waals surface area contributed by atoms with E-state index in [9.17, 15) is 0 Å². The molecule has 0 bridgehead atoms. The van der Waals surface area contributed by atoms with E-state index in [0.717, 1.165) is 28.1 Å². The summed E-state index contributed by atoms with van der Waals surface area (Å²) in [4.78, 5) is 8.62. The molecule has 5 rings (SSSR count). The molecule has 0 spiro atoms. The van der Waals surface area contributed by atoms with Crippen molar-refractivity contribution in [3.05, 3.63) is 90.3 Å². The van der Waals surface area contributed by atoms with Crippen molar-refractivity contribution in [2.24, 2.45) is 0 Å². The highest BCUT2D eigenvalue weighted by molar-refractivity contribution is 5.98. The minimum absolute atomic E-state index is 0.436. The maximum absolute atomic E-state index is 6.00. The largest absolute Gasteiger partial charge is 0.457 e. The second-order valence-electron chi connectivity index (χ2n) is 7.37. The van der Waals surface area contributed by atoms with Gasteiger partial charge in [-0.2, -0.15) is 4.98 Å². The standard InChI is InChI=1S/C25H20N4O2/c1-16-12-17(2)14-21(13-16)30-20-10-8-19(9-11-20)28-24-22-23(18-6-4-3-5-7-18)29-31-25(22)27-15-26-24/h3-15H,1-2H3,(H,26,27,28). The highest BCUT2D eigenvalue weighted by Gasteiger charge is 2.16. The lowest BCUT2D eigenvalue weighted by molar-refractivity contribution is 0.451. The molecule has 2 aromatic heterocycles. The summed E-state index contributed by atoms with van der Waals surface area (Å²) in [7, 11) is 0. The van der Waals surface area contributed by atoms with Crippen LogP contribution >= 0.6 is 0 Å². The second-order valence-corrected chi connectivity index (χ2v) is 7.37. The van der Waals surface area contributed by atoms with Gasteiger partial charge in [-0.15, -0.1) is 0 Å². The number of nitrogens with one attached hydrogen (secondary N) is 1. The molecule has 0 aliphatic heterocycles. The van der Waals surface area contributed by atoms with E-state index in [1.165, 1.54) is 17.5 Å². The van der Waals surface area contributed by atoms with Crippen LogP contribution in [0.25, 0.3) is 22.4 Å². The van der Waals surface area contributed by atoms with Crippen LogP contribution in [-0.2, 0) is 0 Å². The Balaban J connectivity index is 1.42. The summed E-state index contributed by atoms with van der Waals surface area (Å²) in [6.07, 6.45) is 1.46. The number of hydrogen-bond acceptors (Lipinski definition) is 6. The van der Waals surface area contributed by atoms with Gasteiger partial charge in [0.1, 0.15) is 34.7 Å². The molecule has 0 atom stereocenters. The molecule has 0 radical (unpaired) electrons. The number of nitrogens with zero attached hydrogens (tertiary/aromatic N) is 3. The Morgan fingerprint density at radius 1 is 0.806 bits per heavy atom. The molecule has 0 aliphatic rings. The number of benzene rings is 3. The van der Waals surface area contributed by atoms with E-state index in [4.69, 9.17) is 9.26 Å². The van der Waals surface area contributed by atoms with E-state index in [2.05, 4.69) is 40.4 Å². The zero-order chi connectivity index (χ0) is 21.2. The van der Waals surface area contributed by atoms with Crippen molar-refractivity contribution >= 4 is 22.6 Å². The Kier molecular flexibility index (Phi) is 4.80. The Bertz CT molecular complexity index is 1330. The van der Waals surface area contributed by atoms with Crippen LogP contribution in [0.4, 0.5) is 11.5 Å². The lowest BCUT2D eigenvalue weighted by atomic mass is 10.1. The number of rotatable bonds is 5. The fourth-order valence-corrected chi connectivity index (χ4v) is 3.55. The summed E-state index contributed by atoms with van der Waals surface area (Å²) < 4.78 is 11.4. The van der Waals surface area contributed by atoms with Crippen LogP contribution in [0.2, 0.25) is 0 Å². The zero-order valence-corrected chi connectivity index (χ0v) is 17.2. The Morgan fingerprint density at radius 2 is 1.55 bits per heavy atom. The normalized spacial score (nSPS) is 10.9. The molecule has 6 heteroatoms. The van der Waals surface area contributed by atoms with Gasteiger partial charge in [0.05, 0.1) is 0 Å². The van der Waals surface area contributed by atoms with Crippen LogP contribution in [-0.4, -0.2) is 15.1 Å². The quantitative estimate of drug-likeness (QED) is 0.361. The number of aromatic nitrogens is 3. The third-order valence-electron chi connectivity index (χ3n) is 4.87. The van der Waals surface area contributed by atoms with Crippen molar-refractivity contribution in [3.8, 4) is 22.8 Å². The molecule has 0 unspecified atom stereocenters. The van der Waals surface area contributed by atoms with Crippen LogP contribution in [0.5, 0.6) is 11.5 Å². The molecule has 0 amide bonds. The monoisotopic (exact) mass is 408 g/mol. The highest BCUT2D eigenvalue weighted by atomic mass is 16.5. The van der Waals surface area contributed by atoms with Crippen molar-refractivity contribution < 1.29 is 9.26 Å². The third-order valence-corrected chi connectivity index (χ3v) is 4.87. The van der Waals surface area contributed by atoms with E-state index in [-0.39, 0.29) is 0 Å². The van der Waals surface area contributed by atoms with Gasteiger partial charge < -0.3 is 14.6 Å². The first kappa shape index (κ1) is 18.8. The van der Waals surface area contributed by atoms with Crippen molar-refractivity contribution in [1.82, 2.24) is 15.1 Å². The van der Waals surface area contributed by atoms with E-state index >= 15 is 0 Å². The van der Waals surface area contributed by atoms with Gasteiger partial charge in [-0.05, 0) is 61.4 Å². The van der Waals surface area contributed by atoms with Gasteiger partial charge in [-0.3, -0.25) is 0 Å². The fraction of sp³-hybridized carbons (Fsp3) is 0.0800. The number of hydrogen-bond donors (Lipinski definition) is 1. The van der Waals surface area contributed by atoms with Gasteiger partial charge in [0, 0.05) is 11.3 Å². The first-order valence-corrected chi connectivity index (χ1v) is 9.95. The molecule has 0 aliphatic carbocycles. The minimum Gasteiger partial charge on any atom is -0.457 e. The first-order chi connectivity index (χ1) is 15.2. The summed E-state index contributed by atoms with van der Waals surface area (Å²) >= 11 is 0. The van der Waals surface area contributed by atoms with Crippen LogP contribution in [0, 0.1) is 13.8 Å². The van der Waals surface area contributed by atoms with Crippen molar-refractivity contribution in [2.45, 2.75) is 13.8 Å². The lowest BCUT2D eigenvalue weighted by Crippen LogP contribution is -1.96. The van der Waals surface area contributed by atoms with E-state index in [0.29, 0.717) is 17.2 Å². The molecular formula is C25H20N4O2. The lowest BCUT2D eigenvalue weighted by Gasteiger charge is -2.10. The van der Waals surface area contributed by atoms with E-state index in [1.54, 1.807) is 0 Å². The molecule has 5 aromatic rings. The predicted molar refractivity (Wildman–Crippen MR) is 121 cm³/mol. The highest BCUT2D eigenvalue weighted by Crippen LogP contribution is 2.33. The Morgan fingerprint density at radius 3 is 2.29 bits per heavy atom. The minimum atomic E-state index is 0.436. The summed E-state index contributed by atoms with van der Waals surface area (Å²) in [6, 6.07) is 23.7. The van der Waals surface area contributed by atoms with E-state index < -0.39 is 0 Å². The molecule has 6 nitrogen and oxygen atoms in total. The number of aryl methyl sites for hydroxylation is 2. The van der Waals surface area contributed by atoms with Gasteiger partial charge >= 0.3 is 0 Å². The molecular weight excluding hydrogens is 388 g/mol. The van der Waals surface area contributed by atoms with E-state index in [1.807, 2.05) is 66.7 Å². The molecule has 0 saturated carbocycles. The predicted octanol–water partition coefficient (Wildman–Crippen LogP) is 6.44. The smallest absolute Gasteiger partial charge is 0.263 e. The van der Waals surface area contributed by atoms with Crippen LogP contribution in [0.1, 0.15) is 11.1 Å². The number of anilines is 2. The summed E-state index contributed by atoms with van der Waals surface area (Å²) in [5, 5.41) is 8.29. The number of ether oxygens (including phenoxy) is 1. The van der Waals surface area contributed by atoms with Crippen molar-refractivity contribution in [3.63, 3.8) is 0 Å². The molecule has 1 N–H and O–H groups in total. The van der Waals surface area contributed by atoms with Crippen molar-refractivity contribution in [1.29, 1.82) is 0 Å². The molecule has 0 saturated heterocycles. The summed E-state index contributed by atoms with van der Waals surface area (Å²) in [5.41, 5.74) is 5.29. The molecule has 2 heterocycles. The average molecular weight is 408 g/mol. The molecule has 31 heavy (non-hydrogen) atoms. The van der Waals surface area contributed by atoms with Crippen LogP contribution in [0.15, 0.2) is 83.6 Å². The Labute approximate surface area is 179 Å². The first-order valence-electron chi connectivity index (χ1n) is 9.95. The van der Waals surface area contributed by atoms with Gasteiger partial charge in [0.25, 0.3) is 5.71 Å². The van der Waals surface area contributed by atoms with Gasteiger partial charge in [0.2, 0.25) is 0 Å². The summed E-state index contributed by atoms with van der Waals surface area (Å²) in [5.74, 6) is 2.22. The molecule has 3 aromatic carbocycles. The zero-order valence-electron chi connectivity index (χ0n) is 17.2. The van der Waals surface area contributed by atoms with Crippen molar-refractivity contribution in [2.75, 3.05) is 5.32 Å². The molecule has 152 valence electrons. The fourth-order valence-electron chi connectivity index (χ4n) is 3.55. The third kappa shape index (κ3) is 3.96.